The van der Waals surface area contributed by atoms with Gasteiger partial charge in [-0.2, -0.15) is 0 Å². The number of hydrogen-bond acceptors (Lipinski definition) is 6. The summed E-state index contributed by atoms with van der Waals surface area (Å²) in [5, 5.41) is 24.7. The molecular formula is C28H38FNO6. The molecule has 198 valence electrons. The number of aliphatic hydroxyl groups is 2. The molecule has 0 aromatic rings. The number of alkyl carbamates (subject to hydrolysis) is 1. The minimum Gasteiger partial charge on any atom is -0.432 e. The molecule has 0 aromatic carbocycles. The number of aliphatic hydroxyl groups excluding tert-OH is 2. The van der Waals surface area contributed by atoms with Gasteiger partial charge >= 0.3 is 6.09 Å². The summed E-state index contributed by atoms with van der Waals surface area (Å²) in [4.78, 5) is 39.0. The molecule has 5 rings (SSSR count). The van der Waals surface area contributed by atoms with Gasteiger partial charge < -0.3 is 20.3 Å². The van der Waals surface area contributed by atoms with Gasteiger partial charge in [0.15, 0.2) is 22.8 Å². The monoisotopic (exact) mass is 503 g/mol. The van der Waals surface area contributed by atoms with Crippen LogP contribution in [0.5, 0.6) is 0 Å². The van der Waals surface area contributed by atoms with Crippen LogP contribution in [0, 0.1) is 28.6 Å². The van der Waals surface area contributed by atoms with Crippen LogP contribution in [0.25, 0.3) is 0 Å². The lowest BCUT2D eigenvalue weighted by Gasteiger charge is -2.65. The Morgan fingerprint density at radius 2 is 1.89 bits per heavy atom. The van der Waals surface area contributed by atoms with Crippen molar-refractivity contribution in [2.24, 2.45) is 28.6 Å². The van der Waals surface area contributed by atoms with Gasteiger partial charge in [-0.15, -0.1) is 0 Å². The summed E-state index contributed by atoms with van der Waals surface area (Å²) in [5.74, 6) is -2.18. The molecule has 36 heavy (non-hydrogen) atoms. The van der Waals surface area contributed by atoms with E-state index in [9.17, 15) is 24.6 Å². The van der Waals surface area contributed by atoms with E-state index in [-0.39, 0.29) is 18.2 Å². The van der Waals surface area contributed by atoms with Gasteiger partial charge in [-0.25, -0.2) is 9.18 Å². The summed E-state index contributed by atoms with van der Waals surface area (Å²) in [6.45, 7) is 4.58. The highest BCUT2D eigenvalue weighted by atomic mass is 19.1. The maximum atomic E-state index is 17.3. The van der Waals surface area contributed by atoms with E-state index < -0.39 is 64.4 Å². The topological polar surface area (TPSA) is 113 Å². The lowest BCUT2D eigenvalue weighted by molar-refractivity contribution is -0.225. The summed E-state index contributed by atoms with van der Waals surface area (Å²) in [7, 11) is 0. The number of carbonyl (C=O) groups is 3. The third kappa shape index (κ3) is 3.32. The Morgan fingerprint density at radius 1 is 1.19 bits per heavy atom. The molecule has 3 N–H and O–H groups in total. The van der Waals surface area contributed by atoms with Crippen LogP contribution >= 0.6 is 0 Å². The Morgan fingerprint density at radius 3 is 2.56 bits per heavy atom. The minimum atomic E-state index is -2.04. The smallest absolute Gasteiger partial charge is 0.408 e. The third-order valence-corrected chi connectivity index (χ3v) is 10.5. The zero-order valence-corrected chi connectivity index (χ0v) is 21.4. The van der Waals surface area contributed by atoms with Crippen LogP contribution < -0.4 is 5.32 Å². The first-order valence-electron chi connectivity index (χ1n) is 13.4. The number of amides is 1. The van der Waals surface area contributed by atoms with Gasteiger partial charge in [0, 0.05) is 28.7 Å². The quantitative estimate of drug-likeness (QED) is 0.543. The van der Waals surface area contributed by atoms with Crippen LogP contribution in [-0.4, -0.2) is 57.9 Å². The summed E-state index contributed by atoms with van der Waals surface area (Å²) in [6.07, 6.45) is 7.17. The number of halogens is 1. The van der Waals surface area contributed by atoms with E-state index in [2.05, 4.69) is 5.32 Å². The number of ketones is 2. The summed E-state index contributed by atoms with van der Waals surface area (Å²) in [5.41, 5.74) is -5.42. The Hall–Kier alpha value is -2.06. The molecule has 0 heterocycles. The van der Waals surface area contributed by atoms with Crippen molar-refractivity contribution in [1.29, 1.82) is 0 Å². The van der Waals surface area contributed by atoms with Crippen molar-refractivity contribution in [3.63, 3.8) is 0 Å². The molecule has 0 aromatic heterocycles. The highest BCUT2D eigenvalue weighted by Crippen LogP contribution is 2.67. The van der Waals surface area contributed by atoms with Crippen molar-refractivity contribution in [3.8, 4) is 0 Å². The van der Waals surface area contributed by atoms with E-state index in [4.69, 9.17) is 4.74 Å². The Balaban J connectivity index is 1.47. The van der Waals surface area contributed by atoms with Crippen molar-refractivity contribution < 1.29 is 33.7 Å². The van der Waals surface area contributed by atoms with Crippen LogP contribution in [-0.2, 0) is 14.3 Å². The number of Topliss-reactive ketones (excluding diaryl/α,β-unsaturated/α-hetero) is 1. The summed E-state index contributed by atoms with van der Waals surface area (Å²) in [6, 6.07) is -0.00473. The van der Waals surface area contributed by atoms with E-state index in [1.165, 1.54) is 12.2 Å². The van der Waals surface area contributed by atoms with Crippen LogP contribution in [0.4, 0.5) is 9.18 Å². The molecule has 0 bridgehead atoms. The molecule has 4 saturated carbocycles. The van der Waals surface area contributed by atoms with Crippen molar-refractivity contribution in [2.45, 2.75) is 95.6 Å². The number of rotatable bonds is 3. The van der Waals surface area contributed by atoms with Gasteiger partial charge in [-0.1, -0.05) is 38.3 Å². The van der Waals surface area contributed by atoms with E-state index in [1.807, 2.05) is 0 Å². The number of allylic oxidation sites excluding steroid dienone is 4. The fraction of sp³-hybridized carbons (Fsp3) is 0.750. The first-order valence-corrected chi connectivity index (χ1v) is 13.4. The van der Waals surface area contributed by atoms with Crippen molar-refractivity contribution >= 4 is 17.7 Å². The fourth-order valence-electron chi connectivity index (χ4n) is 8.37. The first-order chi connectivity index (χ1) is 16.9. The van der Waals surface area contributed by atoms with Crippen LogP contribution in [0.1, 0.15) is 72.1 Å². The second-order valence-electron chi connectivity index (χ2n) is 12.3. The largest absolute Gasteiger partial charge is 0.432 e. The number of carbonyl (C=O) groups excluding carboxylic acids is 3. The molecule has 7 nitrogen and oxygen atoms in total. The van der Waals surface area contributed by atoms with Gasteiger partial charge in [-0.3, -0.25) is 9.59 Å². The maximum absolute atomic E-state index is 17.3. The molecule has 8 atom stereocenters. The number of alkyl halides is 1. The average Bonchev–Trinajstić information content (AvgIpc) is 3.33. The first kappa shape index (κ1) is 25.6. The SMILES string of the molecule is C[C@H]1CC2C3CCC4=CC(=O)C=C[C@]4(C)[C@@]3(F)[C@@H](O)C[C@]2(C)C(=O)[C@]1(CO)OC(=O)NC1CCCC1. The molecule has 8 heteroatoms. The second kappa shape index (κ2) is 8.48. The Bertz CT molecular complexity index is 1040. The summed E-state index contributed by atoms with van der Waals surface area (Å²) >= 11 is 0. The molecule has 1 amide bonds. The highest BCUT2D eigenvalue weighted by Gasteiger charge is 2.73. The summed E-state index contributed by atoms with van der Waals surface area (Å²) < 4.78 is 23.0. The third-order valence-electron chi connectivity index (χ3n) is 10.5. The Labute approximate surface area is 211 Å². The lowest BCUT2D eigenvalue weighted by Crippen LogP contribution is -2.73. The van der Waals surface area contributed by atoms with Gasteiger partial charge in [-0.05, 0) is 63.5 Å². The van der Waals surface area contributed by atoms with Crippen LogP contribution in [0.2, 0.25) is 0 Å². The lowest BCUT2D eigenvalue weighted by atomic mass is 9.41. The molecule has 5 aliphatic carbocycles. The maximum Gasteiger partial charge on any atom is 0.408 e. The Kier molecular flexibility index (Phi) is 6.03. The molecule has 0 aliphatic heterocycles. The van der Waals surface area contributed by atoms with E-state index >= 15 is 4.39 Å². The van der Waals surface area contributed by atoms with Crippen molar-refractivity contribution in [3.05, 3.63) is 23.8 Å². The minimum absolute atomic E-state index is 0.00473. The molecule has 0 spiro atoms. The van der Waals surface area contributed by atoms with Crippen molar-refractivity contribution in [1.82, 2.24) is 5.32 Å². The standard InChI is InChI=1S/C28H38FNO6/c1-16-12-21-20-9-8-17-13-19(32)10-11-26(17,3)28(20,29)22(33)14-25(21,2)23(34)27(16,15-31)36-24(35)30-18-6-4-5-7-18/h10-11,13,16,18,20-22,31,33H,4-9,12,14-15H2,1-3H3,(H,30,35)/t16-,20?,21?,22-,25-,26-,27+,28-/m0/s1. The predicted molar refractivity (Wildman–Crippen MR) is 130 cm³/mol. The van der Waals surface area contributed by atoms with E-state index in [0.29, 0.717) is 24.8 Å². The molecule has 0 radical (unpaired) electrons. The fourth-order valence-corrected chi connectivity index (χ4v) is 8.37. The zero-order chi connectivity index (χ0) is 26.1. The second-order valence-corrected chi connectivity index (χ2v) is 12.3. The number of ether oxygens (including phenoxy) is 1. The molecule has 2 unspecified atom stereocenters. The predicted octanol–water partition coefficient (Wildman–Crippen LogP) is 3.57. The number of nitrogens with one attached hydrogen (secondary N) is 1. The normalized spacial score (nSPS) is 46.4. The molecule has 4 fully saturated rings. The van der Waals surface area contributed by atoms with Gasteiger partial charge in [0.2, 0.25) is 0 Å². The number of fused-ring (bicyclic) bond motifs is 5. The molecular weight excluding hydrogens is 465 g/mol. The highest BCUT2D eigenvalue weighted by molar-refractivity contribution is 6.01. The van der Waals surface area contributed by atoms with Crippen molar-refractivity contribution in [2.75, 3.05) is 6.61 Å². The van der Waals surface area contributed by atoms with E-state index in [0.717, 1.165) is 25.7 Å². The number of hydrogen-bond donors (Lipinski definition) is 3. The van der Waals surface area contributed by atoms with Gasteiger partial charge in [0.1, 0.15) is 0 Å². The van der Waals surface area contributed by atoms with Gasteiger partial charge in [0.25, 0.3) is 0 Å². The molecule has 5 aliphatic rings. The van der Waals surface area contributed by atoms with Crippen LogP contribution in [0.15, 0.2) is 23.8 Å². The van der Waals surface area contributed by atoms with Gasteiger partial charge in [0.05, 0.1) is 12.7 Å². The van der Waals surface area contributed by atoms with E-state index in [1.54, 1.807) is 26.8 Å². The average molecular weight is 504 g/mol. The van der Waals surface area contributed by atoms with Crippen LogP contribution in [0.3, 0.4) is 0 Å². The molecule has 0 saturated heterocycles. The zero-order valence-electron chi connectivity index (χ0n) is 21.4.